The number of amides is 1. The minimum Gasteiger partial charge on any atom is -0.344 e. The monoisotopic (exact) mass is 238 g/mol. The summed E-state index contributed by atoms with van der Waals surface area (Å²) in [7, 11) is 0. The molecule has 0 heterocycles. The van der Waals surface area contributed by atoms with Gasteiger partial charge in [0, 0.05) is 0 Å². The van der Waals surface area contributed by atoms with E-state index in [2.05, 4.69) is 29.6 Å². The van der Waals surface area contributed by atoms with Gasteiger partial charge in [-0.3, -0.25) is 4.79 Å². The highest BCUT2D eigenvalue weighted by atomic mass is 16.1. The van der Waals surface area contributed by atoms with Crippen LogP contribution in [0.15, 0.2) is 48.5 Å². The van der Waals surface area contributed by atoms with Crippen molar-refractivity contribution in [3.63, 3.8) is 0 Å². The Labute approximate surface area is 106 Å². The molecule has 0 aromatic heterocycles. The zero-order chi connectivity index (χ0) is 12.5. The number of hydrogen-bond donors (Lipinski definition) is 2. The first-order valence-corrected chi connectivity index (χ1v) is 5.99. The third-order valence-electron chi connectivity index (χ3n) is 3.32. The molecule has 3 N–H and O–H groups in total. The highest BCUT2D eigenvalue weighted by Crippen LogP contribution is 2.42. The van der Waals surface area contributed by atoms with E-state index in [0.29, 0.717) is 0 Å². The lowest BCUT2D eigenvalue weighted by atomic mass is 10.1. The Kier molecular flexibility index (Phi) is 2.61. The van der Waals surface area contributed by atoms with Crippen molar-refractivity contribution < 1.29 is 4.79 Å². The van der Waals surface area contributed by atoms with Crippen molar-refractivity contribution in [2.24, 2.45) is 5.73 Å². The van der Waals surface area contributed by atoms with Gasteiger partial charge in [0.05, 0.1) is 12.6 Å². The number of rotatable bonds is 2. The average Bonchev–Trinajstić information content (AvgIpc) is 2.74. The van der Waals surface area contributed by atoms with Crippen LogP contribution in [0.5, 0.6) is 0 Å². The molecule has 0 spiro atoms. The number of nitrogens with one attached hydrogen (secondary N) is 1. The molecule has 0 saturated carbocycles. The van der Waals surface area contributed by atoms with Gasteiger partial charge < -0.3 is 11.1 Å². The van der Waals surface area contributed by atoms with Crippen LogP contribution in [0.1, 0.15) is 17.2 Å². The van der Waals surface area contributed by atoms with Crippen molar-refractivity contribution in [1.82, 2.24) is 5.32 Å². The molecule has 1 aliphatic rings. The topological polar surface area (TPSA) is 55.1 Å². The second-order valence-corrected chi connectivity index (χ2v) is 4.38. The lowest BCUT2D eigenvalue weighted by molar-refractivity contribution is -0.120. The predicted molar refractivity (Wildman–Crippen MR) is 70.9 cm³/mol. The van der Waals surface area contributed by atoms with Gasteiger partial charge in [-0.05, 0) is 22.3 Å². The minimum atomic E-state index is -0.133. The molecule has 18 heavy (non-hydrogen) atoms. The first-order valence-electron chi connectivity index (χ1n) is 5.99. The summed E-state index contributed by atoms with van der Waals surface area (Å²) < 4.78 is 0. The van der Waals surface area contributed by atoms with E-state index in [1.165, 1.54) is 11.1 Å². The van der Waals surface area contributed by atoms with Crippen LogP contribution in [0.2, 0.25) is 0 Å². The molecular weight excluding hydrogens is 224 g/mol. The third-order valence-corrected chi connectivity index (χ3v) is 3.32. The molecule has 0 bridgehead atoms. The van der Waals surface area contributed by atoms with Crippen molar-refractivity contribution >= 4 is 5.91 Å². The lowest BCUT2D eigenvalue weighted by Gasteiger charge is -2.15. The van der Waals surface area contributed by atoms with Crippen LogP contribution < -0.4 is 11.1 Å². The van der Waals surface area contributed by atoms with E-state index in [9.17, 15) is 4.79 Å². The van der Waals surface area contributed by atoms with Crippen molar-refractivity contribution in [2.45, 2.75) is 6.04 Å². The molecule has 3 nitrogen and oxygen atoms in total. The van der Waals surface area contributed by atoms with Gasteiger partial charge in [0.15, 0.2) is 0 Å². The summed E-state index contributed by atoms with van der Waals surface area (Å²) in [5.74, 6) is -0.133. The lowest BCUT2D eigenvalue weighted by Crippen LogP contribution is -2.33. The Morgan fingerprint density at radius 3 is 2.00 bits per heavy atom. The van der Waals surface area contributed by atoms with Gasteiger partial charge in [-0.15, -0.1) is 0 Å². The van der Waals surface area contributed by atoms with Gasteiger partial charge in [0.25, 0.3) is 0 Å². The molecular formula is C15H14N2O. The van der Waals surface area contributed by atoms with Crippen LogP contribution in [0.25, 0.3) is 11.1 Å². The van der Waals surface area contributed by atoms with Crippen molar-refractivity contribution in [2.75, 3.05) is 6.54 Å². The number of hydrogen-bond acceptors (Lipinski definition) is 2. The summed E-state index contributed by atoms with van der Waals surface area (Å²) in [5, 5.41) is 2.98. The molecule has 3 heteroatoms. The Hall–Kier alpha value is -2.13. The van der Waals surface area contributed by atoms with Crippen molar-refractivity contribution in [1.29, 1.82) is 0 Å². The Morgan fingerprint density at radius 1 is 1.00 bits per heavy atom. The smallest absolute Gasteiger partial charge is 0.234 e. The maximum Gasteiger partial charge on any atom is 0.234 e. The number of benzene rings is 2. The van der Waals surface area contributed by atoms with E-state index < -0.39 is 0 Å². The largest absolute Gasteiger partial charge is 0.344 e. The van der Waals surface area contributed by atoms with Gasteiger partial charge >= 0.3 is 0 Å². The van der Waals surface area contributed by atoms with E-state index >= 15 is 0 Å². The predicted octanol–water partition coefficient (Wildman–Crippen LogP) is 1.83. The fourth-order valence-corrected chi connectivity index (χ4v) is 2.53. The Bertz CT molecular complexity index is 561. The third kappa shape index (κ3) is 1.60. The van der Waals surface area contributed by atoms with E-state index in [1.54, 1.807) is 0 Å². The molecule has 0 saturated heterocycles. The van der Waals surface area contributed by atoms with E-state index in [0.717, 1.165) is 11.1 Å². The van der Waals surface area contributed by atoms with Gasteiger partial charge in [0.1, 0.15) is 0 Å². The zero-order valence-corrected chi connectivity index (χ0v) is 9.89. The standard InChI is InChI=1S/C15H14N2O/c16-9-14(18)17-15-12-7-3-1-5-10(12)11-6-2-4-8-13(11)15/h1-8,15H,9,16H2,(H,17,18). The summed E-state index contributed by atoms with van der Waals surface area (Å²) >= 11 is 0. The quantitative estimate of drug-likeness (QED) is 0.838. The van der Waals surface area contributed by atoms with Crippen LogP contribution in [0, 0.1) is 0 Å². The second kappa shape index (κ2) is 4.27. The molecule has 2 aromatic rings. The summed E-state index contributed by atoms with van der Waals surface area (Å²) in [6, 6.07) is 16.2. The minimum absolute atomic E-state index is 0.0147. The summed E-state index contributed by atoms with van der Waals surface area (Å²) in [6.07, 6.45) is 0. The van der Waals surface area contributed by atoms with Crippen LogP contribution in [-0.4, -0.2) is 12.5 Å². The fraction of sp³-hybridized carbons (Fsp3) is 0.133. The number of carbonyl (C=O) groups is 1. The Balaban J connectivity index is 2.12. The molecule has 0 atom stereocenters. The van der Waals surface area contributed by atoms with Crippen LogP contribution in [0.3, 0.4) is 0 Å². The molecule has 2 aromatic carbocycles. The molecule has 0 fully saturated rings. The maximum atomic E-state index is 11.6. The molecule has 90 valence electrons. The highest BCUT2D eigenvalue weighted by Gasteiger charge is 2.28. The fourth-order valence-electron chi connectivity index (χ4n) is 2.53. The zero-order valence-electron chi connectivity index (χ0n) is 9.89. The first-order chi connectivity index (χ1) is 8.81. The van der Waals surface area contributed by atoms with Gasteiger partial charge in [0.2, 0.25) is 5.91 Å². The molecule has 0 aliphatic heterocycles. The summed E-state index contributed by atoms with van der Waals surface area (Å²) in [4.78, 5) is 11.6. The van der Waals surface area contributed by atoms with Gasteiger partial charge in [-0.2, -0.15) is 0 Å². The average molecular weight is 238 g/mol. The molecule has 1 amide bonds. The highest BCUT2D eigenvalue weighted by molar-refractivity contribution is 5.84. The molecule has 0 unspecified atom stereocenters. The Morgan fingerprint density at radius 2 is 1.50 bits per heavy atom. The van der Waals surface area contributed by atoms with Crippen LogP contribution in [0.4, 0.5) is 0 Å². The number of carbonyl (C=O) groups excluding carboxylic acids is 1. The molecule has 3 rings (SSSR count). The van der Waals surface area contributed by atoms with E-state index in [-0.39, 0.29) is 18.5 Å². The normalized spacial score (nSPS) is 12.9. The van der Waals surface area contributed by atoms with Crippen molar-refractivity contribution in [3.05, 3.63) is 59.7 Å². The number of fused-ring (bicyclic) bond motifs is 3. The van der Waals surface area contributed by atoms with Gasteiger partial charge in [-0.25, -0.2) is 0 Å². The second-order valence-electron chi connectivity index (χ2n) is 4.38. The van der Waals surface area contributed by atoms with Crippen LogP contribution >= 0.6 is 0 Å². The van der Waals surface area contributed by atoms with Crippen LogP contribution in [-0.2, 0) is 4.79 Å². The molecule has 1 aliphatic carbocycles. The van der Waals surface area contributed by atoms with Gasteiger partial charge in [-0.1, -0.05) is 48.5 Å². The maximum absolute atomic E-state index is 11.6. The SMILES string of the molecule is NCC(=O)NC1c2ccccc2-c2ccccc21. The summed E-state index contributed by atoms with van der Waals surface area (Å²) in [6.45, 7) is 0.0147. The number of nitrogens with two attached hydrogens (primary N) is 1. The summed E-state index contributed by atoms with van der Waals surface area (Å²) in [5.41, 5.74) is 10.0. The van der Waals surface area contributed by atoms with Crippen molar-refractivity contribution in [3.8, 4) is 11.1 Å². The first kappa shape index (κ1) is 11.0. The molecule has 0 radical (unpaired) electrons. The van der Waals surface area contributed by atoms with E-state index in [1.807, 2.05) is 24.3 Å². The van der Waals surface area contributed by atoms with E-state index in [4.69, 9.17) is 5.73 Å².